The molecule has 0 heterocycles. The second kappa shape index (κ2) is 17.7. The Morgan fingerprint density at radius 3 is 1.83 bits per heavy atom. The van der Waals surface area contributed by atoms with E-state index >= 15 is 0 Å². The molecule has 0 saturated carbocycles. The SMILES string of the molecule is C[Si](=O)CCCSC(=O)NCCCCCCNC(=O)SCCC[SiH3]. The molecular weight excluding hydrogens is 376 g/mol. The zero-order chi connectivity index (χ0) is 18.0. The lowest BCUT2D eigenvalue weighted by Gasteiger charge is -2.06. The molecular formula is C15H32N2O3S2Si2. The molecule has 0 rings (SSSR count). The molecule has 0 atom stereocenters. The summed E-state index contributed by atoms with van der Waals surface area (Å²) in [6, 6.07) is 2.00. The predicted octanol–water partition coefficient (Wildman–Crippen LogP) is 3.05. The summed E-state index contributed by atoms with van der Waals surface area (Å²) < 4.78 is 11.0. The second-order valence-corrected chi connectivity index (χ2v) is 10.7. The zero-order valence-electron chi connectivity index (χ0n) is 15.0. The molecule has 2 N–H and O–H groups in total. The van der Waals surface area contributed by atoms with Gasteiger partial charge in [0.25, 0.3) is 19.2 Å². The standard InChI is InChI=1S/C15H32N2O3S2Si2/c1-24(20)13-7-11-22-15(19)17-9-5-3-2-4-8-16-14(18)21-10-6-12-23/h2-13H2,1,23H3,(H,16,18)(H,17,19). The van der Waals surface area contributed by atoms with Gasteiger partial charge in [0.2, 0.25) is 0 Å². The molecule has 0 radical (unpaired) electrons. The van der Waals surface area contributed by atoms with Gasteiger partial charge in [0.15, 0.2) is 0 Å². The summed E-state index contributed by atoms with van der Waals surface area (Å²) >= 11 is 2.67. The van der Waals surface area contributed by atoms with Gasteiger partial charge in [-0.1, -0.05) is 42.4 Å². The minimum atomic E-state index is -1.40. The largest absolute Gasteiger partial charge is 0.389 e. The summed E-state index contributed by atoms with van der Waals surface area (Å²) in [6.07, 6.45) is 6.08. The van der Waals surface area contributed by atoms with E-state index in [1.165, 1.54) is 39.8 Å². The molecule has 0 unspecified atom stereocenters. The average molecular weight is 409 g/mol. The van der Waals surface area contributed by atoms with Crippen molar-refractivity contribution >= 4 is 52.9 Å². The van der Waals surface area contributed by atoms with Crippen LogP contribution >= 0.6 is 23.5 Å². The maximum absolute atomic E-state index is 11.5. The Hall–Kier alpha value is -0.126. The van der Waals surface area contributed by atoms with Gasteiger partial charge in [-0.05, 0) is 38.3 Å². The quantitative estimate of drug-likeness (QED) is 0.341. The molecule has 9 heteroatoms. The highest BCUT2D eigenvalue weighted by atomic mass is 32.2. The third-order valence-electron chi connectivity index (χ3n) is 3.28. The van der Waals surface area contributed by atoms with E-state index in [-0.39, 0.29) is 10.5 Å². The molecule has 24 heavy (non-hydrogen) atoms. The Kier molecular flexibility index (Phi) is 17.6. The van der Waals surface area contributed by atoms with Crippen molar-refractivity contribution in [3.63, 3.8) is 0 Å². The minimum Gasteiger partial charge on any atom is -0.389 e. The zero-order valence-corrected chi connectivity index (χ0v) is 19.7. The normalized spacial score (nSPS) is 10.5. The molecule has 0 saturated heterocycles. The van der Waals surface area contributed by atoms with E-state index < -0.39 is 8.68 Å². The van der Waals surface area contributed by atoms with Gasteiger partial charge in [0.05, 0.1) is 0 Å². The lowest BCUT2D eigenvalue weighted by atomic mass is 10.2. The fourth-order valence-corrected chi connectivity index (χ4v) is 5.18. The molecule has 140 valence electrons. The van der Waals surface area contributed by atoms with Crippen LogP contribution in [0.3, 0.4) is 0 Å². The molecule has 0 fully saturated rings. The summed E-state index contributed by atoms with van der Waals surface area (Å²) in [5, 5.41) is 5.94. The van der Waals surface area contributed by atoms with E-state index in [2.05, 4.69) is 10.6 Å². The molecule has 0 aliphatic carbocycles. The van der Waals surface area contributed by atoms with E-state index in [9.17, 15) is 14.1 Å². The van der Waals surface area contributed by atoms with Crippen molar-refractivity contribution in [2.75, 3.05) is 24.6 Å². The van der Waals surface area contributed by atoms with Gasteiger partial charge in [0.1, 0.15) is 0 Å². The smallest absolute Gasteiger partial charge is 0.279 e. The number of hydrogen-bond donors (Lipinski definition) is 2. The summed E-state index contributed by atoms with van der Waals surface area (Å²) in [7, 11) is -0.178. The van der Waals surface area contributed by atoms with Crippen molar-refractivity contribution in [2.45, 2.75) is 57.2 Å². The Balaban J connectivity index is 3.28. The van der Waals surface area contributed by atoms with Crippen molar-refractivity contribution in [1.82, 2.24) is 10.6 Å². The maximum Gasteiger partial charge on any atom is 0.279 e. The number of unbranched alkanes of at least 4 members (excludes halogenated alkanes) is 3. The first-order valence-corrected chi connectivity index (χ1v) is 14.4. The van der Waals surface area contributed by atoms with Crippen LogP contribution < -0.4 is 10.6 Å². The number of rotatable bonds is 14. The van der Waals surface area contributed by atoms with Crippen molar-refractivity contribution < 1.29 is 14.1 Å². The number of nitrogens with one attached hydrogen (secondary N) is 2. The van der Waals surface area contributed by atoms with Gasteiger partial charge >= 0.3 is 0 Å². The minimum absolute atomic E-state index is 0.0183. The third kappa shape index (κ3) is 18.2. The van der Waals surface area contributed by atoms with Crippen molar-refractivity contribution in [2.24, 2.45) is 0 Å². The van der Waals surface area contributed by atoms with Crippen LogP contribution in [0.5, 0.6) is 0 Å². The molecule has 0 aliphatic rings. The number of hydrogen-bond acceptors (Lipinski definition) is 5. The van der Waals surface area contributed by atoms with Crippen LogP contribution in [0.1, 0.15) is 38.5 Å². The van der Waals surface area contributed by atoms with Crippen molar-refractivity contribution in [1.29, 1.82) is 0 Å². The molecule has 2 amide bonds. The lowest BCUT2D eigenvalue weighted by molar-refractivity contribution is 0.259. The van der Waals surface area contributed by atoms with E-state index in [0.29, 0.717) is 6.54 Å². The first kappa shape index (κ1) is 23.9. The van der Waals surface area contributed by atoms with Crippen LogP contribution in [-0.4, -0.2) is 54.0 Å². The van der Waals surface area contributed by atoms with E-state index in [0.717, 1.165) is 62.6 Å². The van der Waals surface area contributed by atoms with Crippen LogP contribution in [0.25, 0.3) is 0 Å². The Morgan fingerprint density at radius 2 is 1.38 bits per heavy atom. The Morgan fingerprint density at radius 1 is 0.875 bits per heavy atom. The highest BCUT2D eigenvalue weighted by molar-refractivity contribution is 8.13. The van der Waals surface area contributed by atoms with Crippen LogP contribution in [0.15, 0.2) is 0 Å². The first-order valence-electron chi connectivity index (χ1n) is 8.87. The monoisotopic (exact) mass is 408 g/mol. The summed E-state index contributed by atoms with van der Waals surface area (Å²) in [5.74, 6) is 1.68. The van der Waals surface area contributed by atoms with Crippen molar-refractivity contribution in [3.05, 3.63) is 0 Å². The van der Waals surface area contributed by atoms with Gasteiger partial charge < -0.3 is 15.1 Å². The third-order valence-corrected chi connectivity index (χ3v) is 6.84. The van der Waals surface area contributed by atoms with Gasteiger partial charge in [-0.2, -0.15) is 0 Å². The van der Waals surface area contributed by atoms with Gasteiger partial charge in [-0.3, -0.25) is 9.59 Å². The molecule has 5 nitrogen and oxygen atoms in total. The number of thioether (sulfide) groups is 2. The van der Waals surface area contributed by atoms with Crippen LogP contribution in [0.4, 0.5) is 9.59 Å². The second-order valence-electron chi connectivity index (χ2n) is 5.70. The lowest BCUT2D eigenvalue weighted by Crippen LogP contribution is -2.21. The fraction of sp³-hybridized carbons (Fsp3) is 0.867. The molecule has 0 aromatic heterocycles. The molecule has 0 spiro atoms. The number of carbonyl (C=O) groups is 2. The van der Waals surface area contributed by atoms with Crippen LogP contribution in [0, 0.1) is 0 Å². The van der Waals surface area contributed by atoms with Crippen molar-refractivity contribution in [3.8, 4) is 0 Å². The van der Waals surface area contributed by atoms with Gasteiger partial charge in [-0.25, -0.2) is 0 Å². The summed E-state index contributed by atoms with van der Waals surface area (Å²) in [4.78, 5) is 23.0. The molecule has 0 aliphatic heterocycles. The van der Waals surface area contributed by atoms with Gasteiger partial charge in [0, 0.05) is 34.8 Å². The number of carbonyl (C=O) groups excluding carboxylic acids is 2. The molecule has 0 bridgehead atoms. The van der Waals surface area contributed by atoms with Crippen LogP contribution in [0.2, 0.25) is 18.6 Å². The van der Waals surface area contributed by atoms with E-state index in [1.54, 1.807) is 6.55 Å². The van der Waals surface area contributed by atoms with E-state index in [4.69, 9.17) is 0 Å². The summed E-state index contributed by atoms with van der Waals surface area (Å²) in [6.45, 7) is 3.21. The average Bonchev–Trinajstić information content (AvgIpc) is 2.54. The number of amides is 2. The fourth-order valence-electron chi connectivity index (χ4n) is 1.88. The molecule has 0 aromatic rings. The summed E-state index contributed by atoms with van der Waals surface area (Å²) in [5.41, 5.74) is 0. The van der Waals surface area contributed by atoms with Crippen LogP contribution in [-0.2, 0) is 4.46 Å². The highest BCUT2D eigenvalue weighted by Gasteiger charge is 2.03. The highest BCUT2D eigenvalue weighted by Crippen LogP contribution is 2.07. The maximum atomic E-state index is 11.5. The van der Waals surface area contributed by atoms with E-state index in [1.807, 2.05) is 0 Å². The Labute approximate surface area is 159 Å². The van der Waals surface area contributed by atoms with Gasteiger partial charge in [-0.15, -0.1) is 0 Å². The predicted molar refractivity (Wildman–Crippen MR) is 111 cm³/mol. The Bertz CT molecular complexity index is 375. The topological polar surface area (TPSA) is 75.3 Å². The molecule has 0 aromatic carbocycles. The first-order chi connectivity index (χ1) is 11.6.